The molecule has 1 amide bonds. The average molecular weight is 458 g/mol. The molecule has 0 spiro atoms. The molecule has 2 heterocycles. The summed E-state index contributed by atoms with van der Waals surface area (Å²) in [4.78, 5) is 23.7. The third kappa shape index (κ3) is 6.83. The van der Waals surface area contributed by atoms with Gasteiger partial charge in [-0.3, -0.25) is 9.69 Å². The molecule has 4 rings (SSSR count). The zero-order valence-corrected chi connectivity index (χ0v) is 17.9. The summed E-state index contributed by atoms with van der Waals surface area (Å²) in [6.45, 7) is 2.81. The fourth-order valence-corrected chi connectivity index (χ4v) is 4.05. The van der Waals surface area contributed by atoms with Crippen LogP contribution in [0.15, 0.2) is 24.3 Å². The number of aliphatic carboxylic acids is 1. The van der Waals surface area contributed by atoms with E-state index >= 15 is 0 Å². The molecule has 2 N–H and O–H groups in total. The quantitative estimate of drug-likeness (QED) is 0.682. The zero-order chi connectivity index (χ0) is 23.3. The van der Waals surface area contributed by atoms with Crippen LogP contribution in [0.2, 0.25) is 0 Å². The lowest BCUT2D eigenvalue weighted by atomic mass is 9.98. The number of methoxy groups -OCH3 is 1. The minimum absolute atomic E-state index is 0.0963. The molecule has 0 radical (unpaired) electrons. The number of nitrogens with zero attached hydrogens (tertiary/aromatic N) is 1. The van der Waals surface area contributed by atoms with Gasteiger partial charge in [0.15, 0.2) is 0 Å². The highest BCUT2D eigenvalue weighted by Gasteiger charge is 2.41. The normalized spacial score (nSPS) is 25.3. The number of likely N-dealkylation sites (tertiary alicyclic amines) is 1. The van der Waals surface area contributed by atoms with Gasteiger partial charge in [-0.15, -0.1) is 0 Å². The first-order chi connectivity index (χ1) is 15.2. The number of hydrogen-bond donors (Lipinski definition) is 2. The van der Waals surface area contributed by atoms with Gasteiger partial charge in [0.2, 0.25) is 5.91 Å². The number of carbonyl (C=O) groups excluding carboxylic acids is 1. The van der Waals surface area contributed by atoms with Crippen molar-refractivity contribution < 1.29 is 37.3 Å². The van der Waals surface area contributed by atoms with Crippen LogP contribution < -0.4 is 10.1 Å². The van der Waals surface area contributed by atoms with E-state index in [1.165, 1.54) is 18.4 Å². The molecule has 3 aliphatic rings. The second-order valence-corrected chi connectivity index (χ2v) is 8.41. The zero-order valence-electron chi connectivity index (χ0n) is 17.9. The number of carboxylic acids is 1. The van der Waals surface area contributed by atoms with Gasteiger partial charge in [-0.25, -0.2) is 4.79 Å². The molecule has 2 aliphatic heterocycles. The fourth-order valence-electron chi connectivity index (χ4n) is 4.05. The molecular formula is C22H29F3N2O5. The predicted octanol–water partition coefficient (Wildman–Crippen LogP) is 2.98. The molecule has 1 aromatic carbocycles. The van der Waals surface area contributed by atoms with E-state index < -0.39 is 12.1 Å². The Labute approximate surface area is 184 Å². The van der Waals surface area contributed by atoms with Crippen LogP contribution in [0.1, 0.15) is 37.7 Å². The summed E-state index contributed by atoms with van der Waals surface area (Å²) in [5.41, 5.74) is 1.30. The fraction of sp³-hybridized carbons (Fsp3) is 0.636. The molecule has 1 aromatic rings. The van der Waals surface area contributed by atoms with Crippen LogP contribution in [0.5, 0.6) is 5.75 Å². The largest absolute Gasteiger partial charge is 0.497 e. The van der Waals surface area contributed by atoms with Crippen LogP contribution in [0.4, 0.5) is 13.2 Å². The van der Waals surface area contributed by atoms with Crippen molar-refractivity contribution in [2.24, 2.45) is 5.92 Å². The number of nitrogens with one attached hydrogen (secondary N) is 1. The highest BCUT2D eigenvalue weighted by molar-refractivity contribution is 5.80. The third-order valence-corrected chi connectivity index (χ3v) is 6.00. The van der Waals surface area contributed by atoms with Gasteiger partial charge < -0.3 is 19.9 Å². The monoisotopic (exact) mass is 458 g/mol. The van der Waals surface area contributed by atoms with Crippen molar-refractivity contribution in [1.29, 1.82) is 0 Å². The molecule has 3 atom stereocenters. The topological polar surface area (TPSA) is 88.1 Å². The van der Waals surface area contributed by atoms with E-state index in [2.05, 4.69) is 22.3 Å². The average Bonchev–Trinajstić information content (AvgIpc) is 3.52. The Bertz CT molecular complexity index is 783. The van der Waals surface area contributed by atoms with E-state index in [9.17, 15) is 18.0 Å². The number of hydrogen-bond acceptors (Lipinski definition) is 5. The SMILES string of the molecule is COc1ccc(CN2CC[C@H]3O[C@@H](C(=O)NCC4CC4)CC[C@H]32)cc1.O=C(O)C(F)(F)F. The lowest BCUT2D eigenvalue weighted by Crippen LogP contribution is -2.47. The lowest BCUT2D eigenvalue weighted by Gasteiger charge is -2.35. The third-order valence-electron chi connectivity index (χ3n) is 6.00. The summed E-state index contributed by atoms with van der Waals surface area (Å²) < 4.78 is 43.1. The van der Waals surface area contributed by atoms with Crippen molar-refractivity contribution in [2.75, 3.05) is 20.2 Å². The van der Waals surface area contributed by atoms with Crippen LogP contribution >= 0.6 is 0 Å². The molecule has 178 valence electrons. The first-order valence-electron chi connectivity index (χ1n) is 10.8. The minimum Gasteiger partial charge on any atom is -0.497 e. The van der Waals surface area contributed by atoms with E-state index in [1.54, 1.807) is 7.11 Å². The Morgan fingerprint density at radius 2 is 1.81 bits per heavy atom. The predicted molar refractivity (Wildman–Crippen MR) is 109 cm³/mol. The van der Waals surface area contributed by atoms with Gasteiger partial charge in [0.1, 0.15) is 11.9 Å². The second kappa shape index (κ2) is 10.5. The summed E-state index contributed by atoms with van der Waals surface area (Å²) >= 11 is 0. The van der Waals surface area contributed by atoms with Gasteiger partial charge in [0.05, 0.1) is 13.2 Å². The van der Waals surface area contributed by atoms with Gasteiger partial charge in [0.25, 0.3) is 0 Å². The molecule has 2 saturated heterocycles. The van der Waals surface area contributed by atoms with Gasteiger partial charge in [-0.1, -0.05) is 12.1 Å². The lowest BCUT2D eigenvalue weighted by molar-refractivity contribution is -0.192. The highest BCUT2D eigenvalue weighted by Crippen LogP contribution is 2.33. The number of alkyl halides is 3. The van der Waals surface area contributed by atoms with Crippen LogP contribution in [0.3, 0.4) is 0 Å². The Kier molecular flexibility index (Phi) is 8.00. The summed E-state index contributed by atoms with van der Waals surface area (Å²) in [7, 11) is 1.69. The number of carboxylic acid groups (broad SMARTS) is 1. The van der Waals surface area contributed by atoms with E-state index in [0.29, 0.717) is 12.0 Å². The maximum atomic E-state index is 12.3. The summed E-state index contributed by atoms with van der Waals surface area (Å²) in [5.74, 6) is -1.05. The van der Waals surface area contributed by atoms with E-state index in [1.807, 2.05) is 12.1 Å². The van der Waals surface area contributed by atoms with Gasteiger partial charge in [-0.05, 0) is 55.7 Å². The summed E-state index contributed by atoms with van der Waals surface area (Å²) in [5, 5.41) is 10.2. The minimum atomic E-state index is -5.08. The molecule has 1 saturated carbocycles. The van der Waals surface area contributed by atoms with E-state index in [4.69, 9.17) is 19.4 Å². The number of ether oxygens (including phenoxy) is 2. The van der Waals surface area contributed by atoms with Crippen molar-refractivity contribution >= 4 is 11.9 Å². The smallest absolute Gasteiger partial charge is 0.490 e. The Hall–Kier alpha value is -2.33. The number of halogens is 3. The van der Waals surface area contributed by atoms with Crippen molar-refractivity contribution in [3.63, 3.8) is 0 Å². The number of rotatable bonds is 6. The van der Waals surface area contributed by atoms with Crippen LogP contribution in [-0.4, -0.2) is 66.5 Å². The molecule has 1 aliphatic carbocycles. The summed E-state index contributed by atoms with van der Waals surface area (Å²) in [6.07, 6.45) is 0.282. The molecular weight excluding hydrogens is 429 g/mol. The van der Waals surface area contributed by atoms with Crippen molar-refractivity contribution in [2.45, 2.75) is 63.1 Å². The Morgan fingerprint density at radius 1 is 1.16 bits per heavy atom. The maximum Gasteiger partial charge on any atom is 0.490 e. The molecule has 0 bridgehead atoms. The number of amides is 1. The van der Waals surface area contributed by atoms with Gasteiger partial charge >= 0.3 is 12.1 Å². The number of benzene rings is 1. The molecule has 3 fully saturated rings. The maximum absolute atomic E-state index is 12.3. The second-order valence-electron chi connectivity index (χ2n) is 8.41. The Balaban J connectivity index is 0.000000360. The van der Waals surface area contributed by atoms with Gasteiger partial charge in [-0.2, -0.15) is 13.2 Å². The first-order valence-corrected chi connectivity index (χ1v) is 10.8. The Morgan fingerprint density at radius 3 is 2.38 bits per heavy atom. The first kappa shape index (κ1) is 24.3. The van der Waals surface area contributed by atoms with E-state index in [0.717, 1.165) is 44.6 Å². The number of fused-ring (bicyclic) bond motifs is 1. The van der Waals surface area contributed by atoms with Crippen molar-refractivity contribution in [1.82, 2.24) is 10.2 Å². The van der Waals surface area contributed by atoms with Gasteiger partial charge in [0, 0.05) is 25.7 Å². The van der Waals surface area contributed by atoms with E-state index in [-0.39, 0.29) is 18.1 Å². The standard InChI is InChI=1S/C20H28N2O3.C2HF3O2/c1-24-16-6-4-15(5-7-16)13-22-11-10-18-17(22)8-9-19(25-18)20(23)21-12-14-2-3-14;3-2(4,5)1(6)7/h4-7,14,17-19H,2-3,8-13H2,1H3,(H,21,23);(H,6,7)/t17-,18-,19-;/m1./s1. The van der Waals surface area contributed by atoms with Crippen LogP contribution in [0, 0.1) is 5.92 Å². The molecule has 0 unspecified atom stereocenters. The number of carbonyl (C=O) groups is 2. The molecule has 0 aromatic heterocycles. The summed E-state index contributed by atoms with van der Waals surface area (Å²) in [6, 6.07) is 8.73. The molecule has 10 heteroatoms. The molecule has 7 nitrogen and oxygen atoms in total. The van der Waals surface area contributed by atoms with Crippen molar-refractivity contribution in [3.8, 4) is 5.75 Å². The van der Waals surface area contributed by atoms with Crippen LogP contribution in [-0.2, 0) is 20.9 Å². The highest BCUT2D eigenvalue weighted by atomic mass is 19.4. The van der Waals surface area contributed by atoms with Crippen LogP contribution in [0.25, 0.3) is 0 Å². The molecule has 32 heavy (non-hydrogen) atoms. The van der Waals surface area contributed by atoms with Crippen molar-refractivity contribution in [3.05, 3.63) is 29.8 Å².